The molecule has 0 aromatic rings. The number of ether oxygens (including phenoxy) is 4. The van der Waals surface area contributed by atoms with Crippen LogP contribution in [0.3, 0.4) is 0 Å². The van der Waals surface area contributed by atoms with Gasteiger partial charge in [0.1, 0.15) is 19.3 Å². The van der Waals surface area contributed by atoms with E-state index >= 15 is 0 Å². The zero-order valence-electron chi connectivity index (χ0n) is 62.9. The van der Waals surface area contributed by atoms with Crippen LogP contribution in [0.5, 0.6) is 0 Å². The minimum Gasteiger partial charge on any atom is -0.462 e. The van der Waals surface area contributed by atoms with Crippen molar-refractivity contribution in [2.24, 2.45) is 11.8 Å². The molecule has 0 aromatic carbocycles. The Morgan fingerprint density at radius 3 is 0.845 bits per heavy atom. The van der Waals surface area contributed by atoms with Crippen LogP contribution in [-0.4, -0.2) is 96.7 Å². The number of carbonyl (C=O) groups excluding carboxylic acids is 4. The average Bonchev–Trinajstić information content (AvgIpc) is 2.39. The molecule has 0 saturated carbocycles. The first kappa shape index (κ1) is 94.5. The van der Waals surface area contributed by atoms with E-state index in [4.69, 9.17) is 37.0 Å². The number of hydrogen-bond acceptors (Lipinski definition) is 15. The van der Waals surface area contributed by atoms with E-state index in [0.717, 1.165) is 121 Å². The maximum Gasteiger partial charge on any atom is 0.472 e. The summed E-state index contributed by atoms with van der Waals surface area (Å²) >= 11 is 0. The van der Waals surface area contributed by atoms with Crippen LogP contribution in [0.1, 0.15) is 382 Å². The van der Waals surface area contributed by atoms with Gasteiger partial charge in [0.15, 0.2) is 12.2 Å². The molecule has 0 spiro atoms. The van der Waals surface area contributed by atoms with E-state index < -0.39 is 97.5 Å². The van der Waals surface area contributed by atoms with Gasteiger partial charge in [0, 0.05) is 25.7 Å². The molecule has 2 unspecified atom stereocenters. The van der Waals surface area contributed by atoms with E-state index in [1.807, 2.05) is 0 Å². The number of phosphoric acid groups is 2. The molecular formula is C78H148O17P2. The molecule has 97 heavy (non-hydrogen) atoms. The number of aliphatic hydroxyl groups excluding tert-OH is 1. The van der Waals surface area contributed by atoms with Crippen LogP contribution in [0.15, 0.2) is 24.3 Å². The van der Waals surface area contributed by atoms with Gasteiger partial charge in [-0.3, -0.25) is 37.3 Å². The van der Waals surface area contributed by atoms with Gasteiger partial charge < -0.3 is 33.8 Å². The smallest absolute Gasteiger partial charge is 0.462 e. The molecule has 0 aliphatic heterocycles. The van der Waals surface area contributed by atoms with E-state index in [0.29, 0.717) is 31.6 Å². The highest BCUT2D eigenvalue weighted by Crippen LogP contribution is 2.45. The molecule has 0 aromatic heterocycles. The summed E-state index contributed by atoms with van der Waals surface area (Å²) in [7, 11) is -9.93. The molecule has 0 radical (unpaired) electrons. The third-order valence-electron chi connectivity index (χ3n) is 17.6. The van der Waals surface area contributed by atoms with Gasteiger partial charge in [0.05, 0.1) is 26.4 Å². The summed E-state index contributed by atoms with van der Waals surface area (Å²) in [6.45, 7) is 9.52. The monoisotopic (exact) mass is 1420 g/mol. The van der Waals surface area contributed by atoms with Crippen LogP contribution in [-0.2, 0) is 65.4 Å². The number of esters is 4. The maximum absolute atomic E-state index is 13.1. The van der Waals surface area contributed by atoms with Crippen molar-refractivity contribution in [3.05, 3.63) is 24.3 Å². The Bertz CT molecular complexity index is 1970. The van der Waals surface area contributed by atoms with E-state index in [2.05, 4.69) is 65.8 Å². The predicted octanol–water partition coefficient (Wildman–Crippen LogP) is 22.7. The third kappa shape index (κ3) is 71.7. The fourth-order valence-electron chi connectivity index (χ4n) is 11.5. The maximum atomic E-state index is 13.1. The number of aliphatic hydroxyl groups is 1. The molecule has 0 amide bonds. The number of phosphoric ester groups is 2. The van der Waals surface area contributed by atoms with E-state index in [1.165, 1.54) is 173 Å². The normalized spacial score (nSPS) is 14.1. The van der Waals surface area contributed by atoms with Crippen LogP contribution < -0.4 is 0 Å². The lowest BCUT2D eigenvalue weighted by Crippen LogP contribution is -2.30. The second-order valence-electron chi connectivity index (χ2n) is 28.4. The highest BCUT2D eigenvalue weighted by Gasteiger charge is 2.30. The quantitative estimate of drug-likeness (QED) is 0.0169. The van der Waals surface area contributed by atoms with Crippen molar-refractivity contribution in [2.75, 3.05) is 39.6 Å². The molecule has 17 nitrogen and oxygen atoms in total. The summed E-state index contributed by atoms with van der Waals surface area (Å²) < 4.78 is 68.5. The second kappa shape index (κ2) is 69.3. The number of hydrogen-bond donors (Lipinski definition) is 3. The Balaban J connectivity index is 5.28. The molecule has 572 valence electrons. The van der Waals surface area contributed by atoms with Gasteiger partial charge in [-0.2, -0.15) is 0 Å². The topological polar surface area (TPSA) is 237 Å². The Kier molecular flexibility index (Phi) is 67.5. The van der Waals surface area contributed by atoms with Crippen LogP contribution in [0, 0.1) is 11.8 Å². The predicted molar refractivity (Wildman–Crippen MR) is 395 cm³/mol. The average molecular weight is 1420 g/mol. The van der Waals surface area contributed by atoms with Crippen molar-refractivity contribution < 1.29 is 80.2 Å². The van der Waals surface area contributed by atoms with Crippen molar-refractivity contribution in [1.29, 1.82) is 0 Å². The molecule has 0 heterocycles. The summed E-state index contributed by atoms with van der Waals surface area (Å²) in [5.74, 6) is -0.639. The molecule has 0 bridgehead atoms. The zero-order chi connectivity index (χ0) is 71.4. The van der Waals surface area contributed by atoms with Crippen LogP contribution in [0.2, 0.25) is 0 Å². The van der Waals surface area contributed by atoms with Gasteiger partial charge >= 0.3 is 39.5 Å². The van der Waals surface area contributed by atoms with Gasteiger partial charge in [-0.05, 0) is 63.2 Å². The first-order valence-corrected chi connectivity index (χ1v) is 42.8. The fourth-order valence-corrected chi connectivity index (χ4v) is 13.0. The lowest BCUT2D eigenvalue weighted by molar-refractivity contribution is -0.161. The summed E-state index contributed by atoms with van der Waals surface area (Å²) in [6.07, 6.45) is 60.5. The Labute approximate surface area is 592 Å². The van der Waals surface area contributed by atoms with Crippen molar-refractivity contribution in [3.8, 4) is 0 Å². The van der Waals surface area contributed by atoms with Crippen LogP contribution in [0.25, 0.3) is 0 Å². The van der Waals surface area contributed by atoms with Crippen LogP contribution >= 0.6 is 15.6 Å². The van der Waals surface area contributed by atoms with Crippen molar-refractivity contribution >= 4 is 39.5 Å². The fraction of sp³-hybridized carbons (Fsp3) is 0.897. The highest BCUT2D eigenvalue weighted by molar-refractivity contribution is 7.47. The number of allylic oxidation sites excluding steroid dienone is 4. The lowest BCUT2D eigenvalue weighted by atomic mass is 10.0. The summed E-state index contributed by atoms with van der Waals surface area (Å²) in [5, 5.41) is 10.6. The Hall–Kier alpha value is -2.46. The first-order chi connectivity index (χ1) is 46.9. The Morgan fingerprint density at radius 1 is 0.320 bits per heavy atom. The molecular weight excluding hydrogens is 1270 g/mol. The number of unbranched alkanes of at least 4 members (excludes halogenated alkanes) is 42. The highest BCUT2D eigenvalue weighted by atomic mass is 31.2. The molecule has 0 aliphatic rings. The molecule has 0 rings (SSSR count). The standard InChI is InChI=1S/C78H148O17P2/c1-7-9-11-13-15-17-19-21-24-29-32-36-42-48-54-60-75(80)88-66-73(94-77(82)63-57-51-44-38-34-30-26-23-25-27-31-35-40-46-52-58-70(3)4)68-92-96(84,85)90-64-72(79)65-91-97(86,87)93-69-74(67-89-76(81)61-55-49-45-39-41-47-53-59-71(5)6)95-78(83)62-56-50-43-37-33-28-22-20-18-16-14-12-10-8-2/h17,19,21,24,70-74,79H,7-16,18,20,22-23,25-69H2,1-6H3,(H,84,85)(H,86,87)/b19-17-,24-21-/t72-,73-,74-/m1/s1. The number of rotatable bonds is 75. The first-order valence-electron chi connectivity index (χ1n) is 39.8. The van der Waals surface area contributed by atoms with Crippen molar-refractivity contribution in [1.82, 2.24) is 0 Å². The minimum atomic E-state index is -4.97. The third-order valence-corrected chi connectivity index (χ3v) is 19.5. The Morgan fingerprint density at radius 2 is 0.557 bits per heavy atom. The zero-order valence-corrected chi connectivity index (χ0v) is 64.7. The van der Waals surface area contributed by atoms with Gasteiger partial charge in [-0.15, -0.1) is 0 Å². The second-order valence-corrected chi connectivity index (χ2v) is 31.3. The van der Waals surface area contributed by atoms with E-state index in [-0.39, 0.29) is 25.7 Å². The van der Waals surface area contributed by atoms with Gasteiger partial charge in [-0.25, -0.2) is 9.13 Å². The van der Waals surface area contributed by atoms with Crippen LogP contribution in [0.4, 0.5) is 0 Å². The molecule has 0 saturated heterocycles. The van der Waals surface area contributed by atoms with Crippen molar-refractivity contribution in [2.45, 2.75) is 400 Å². The molecule has 0 aliphatic carbocycles. The van der Waals surface area contributed by atoms with E-state index in [9.17, 15) is 43.2 Å². The molecule has 0 fully saturated rings. The molecule has 3 N–H and O–H groups in total. The summed E-state index contributed by atoms with van der Waals surface area (Å²) in [6, 6.07) is 0. The molecule has 5 atom stereocenters. The summed E-state index contributed by atoms with van der Waals surface area (Å²) in [5.41, 5.74) is 0. The number of carbonyl (C=O) groups is 4. The van der Waals surface area contributed by atoms with E-state index in [1.54, 1.807) is 0 Å². The largest absolute Gasteiger partial charge is 0.472 e. The van der Waals surface area contributed by atoms with Gasteiger partial charge in [0.2, 0.25) is 0 Å². The van der Waals surface area contributed by atoms with Gasteiger partial charge in [-0.1, -0.05) is 329 Å². The minimum absolute atomic E-state index is 0.101. The lowest BCUT2D eigenvalue weighted by Gasteiger charge is -2.21. The van der Waals surface area contributed by atoms with Crippen molar-refractivity contribution in [3.63, 3.8) is 0 Å². The molecule has 19 heteroatoms. The summed E-state index contributed by atoms with van der Waals surface area (Å²) in [4.78, 5) is 72.9. The SMILES string of the molecule is CCCCCC/C=C\C=C/CCCCCCCC(=O)OC[C@H](COP(=O)(O)OC[C@@H](O)COP(=O)(O)OC[C@@H](COC(=O)CCCCCCCCCC(C)C)OC(=O)CCCCCCCCCCCCCCCC)OC(=O)CCCCCCCCCCCCCCCCCC(C)C. The van der Waals surface area contributed by atoms with Gasteiger partial charge in [0.25, 0.3) is 0 Å².